The second-order valence-corrected chi connectivity index (χ2v) is 8.08. The highest BCUT2D eigenvalue weighted by Crippen LogP contribution is 2.37. The normalized spacial score (nSPS) is 15.1. The Morgan fingerprint density at radius 1 is 1.15 bits per heavy atom. The van der Waals surface area contributed by atoms with Crippen molar-refractivity contribution in [3.05, 3.63) is 83.4 Å². The number of anilines is 2. The maximum Gasteiger partial charge on any atom is 0.222 e. The predicted octanol–water partition coefficient (Wildman–Crippen LogP) is 5.05. The van der Waals surface area contributed by atoms with Crippen LogP contribution in [0.5, 0.6) is 11.5 Å². The number of benzene rings is 2. The predicted molar refractivity (Wildman–Crippen MR) is 130 cm³/mol. The van der Waals surface area contributed by atoms with E-state index in [-0.39, 0.29) is 5.91 Å². The summed E-state index contributed by atoms with van der Waals surface area (Å²) in [5, 5.41) is 16.7. The molecule has 2 aromatic carbocycles. The number of carbonyl (C=O) groups is 1. The van der Waals surface area contributed by atoms with E-state index in [0.717, 1.165) is 28.2 Å². The van der Waals surface area contributed by atoms with Gasteiger partial charge in [0.05, 0.1) is 0 Å². The van der Waals surface area contributed by atoms with Gasteiger partial charge < -0.3 is 20.5 Å². The van der Waals surface area contributed by atoms with E-state index in [4.69, 9.17) is 4.74 Å². The maximum atomic E-state index is 11.6. The first kappa shape index (κ1) is 22.5. The molecule has 0 aliphatic carbocycles. The zero-order valence-corrected chi connectivity index (χ0v) is 19.1. The van der Waals surface area contributed by atoms with Gasteiger partial charge in [0.15, 0.2) is 0 Å². The Morgan fingerprint density at radius 3 is 2.39 bits per heavy atom. The number of aromatic nitrogens is 1. The van der Waals surface area contributed by atoms with Gasteiger partial charge in [-0.1, -0.05) is 31.2 Å². The number of ether oxygens (including phenoxy) is 1. The lowest BCUT2D eigenvalue weighted by molar-refractivity contribution is -0.114. The summed E-state index contributed by atoms with van der Waals surface area (Å²) in [7, 11) is 0. The lowest BCUT2D eigenvalue weighted by Gasteiger charge is -2.17. The fourth-order valence-corrected chi connectivity index (χ4v) is 3.79. The number of pyridine rings is 1. The monoisotopic (exact) mass is 444 g/mol. The van der Waals surface area contributed by atoms with Gasteiger partial charge in [0.2, 0.25) is 5.91 Å². The fraction of sp³-hybridized carbons (Fsp3) is 0.231. The van der Waals surface area contributed by atoms with Gasteiger partial charge in [-0.15, -0.1) is 0 Å². The van der Waals surface area contributed by atoms with Crippen LogP contribution in [0.1, 0.15) is 42.3 Å². The van der Waals surface area contributed by atoms with Gasteiger partial charge in [0.1, 0.15) is 29.4 Å². The van der Waals surface area contributed by atoms with Crippen LogP contribution < -0.4 is 15.4 Å². The highest BCUT2D eigenvalue weighted by atomic mass is 16.5. The minimum atomic E-state index is -0.743. The first-order valence-corrected chi connectivity index (χ1v) is 10.9. The number of fused-ring (bicyclic) bond motifs is 1. The molecule has 1 amide bonds. The SMILES string of the molecule is C=C(Nc1nc(NC(C)=O)cc2c1CN(CC)C2O)c1ccc(Oc2ccc(C)cc2)cc1. The molecule has 7 heteroatoms. The summed E-state index contributed by atoms with van der Waals surface area (Å²) < 4.78 is 5.90. The molecule has 2 heterocycles. The van der Waals surface area contributed by atoms with Crippen molar-refractivity contribution in [3.63, 3.8) is 0 Å². The topological polar surface area (TPSA) is 86.7 Å². The van der Waals surface area contributed by atoms with E-state index in [1.54, 1.807) is 6.07 Å². The third-order valence-corrected chi connectivity index (χ3v) is 5.58. The highest BCUT2D eigenvalue weighted by molar-refractivity contribution is 5.88. The van der Waals surface area contributed by atoms with Crippen molar-refractivity contribution >= 4 is 23.2 Å². The molecule has 0 spiro atoms. The van der Waals surface area contributed by atoms with Crippen molar-refractivity contribution in [3.8, 4) is 11.5 Å². The molecule has 1 aliphatic heterocycles. The number of aliphatic hydroxyl groups excluding tert-OH is 1. The van der Waals surface area contributed by atoms with E-state index in [1.807, 2.05) is 67.3 Å². The summed E-state index contributed by atoms with van der Waals surface area (Å²) in [6.07, 6.45) is -0.743. The number of nitrogens with zero attached hydrogens (tertiary/aromatic N) is 2. The van der Waals surface area contributed by atoms with Gasteiger partial charge in [-0.05, 0) is 61.5 Å². The first-order valence-electron chi connectivity index (χ1n) is 10.9. The van der Waals surface area contributed by atoms with Crippen molar-refractivity contribution < 1.29 is 14.6 Å². The molecule has 3 N–H and O–H groups in total. The maximum absolute atomic E-state index is 11.6. The average molecular weight is 445 g/mol. The fourth-order valence-electron chi connectivity index (χ4n) is 3.79. The standard InChI is InChI=1S/C26H28N4O3/c1-5-30-15-23-22(26(30)32)14-24(28-18(4)31)29-25(23)27-17(3)19-8-12-21(13-9-19)33-20-10-6-16(2)7-11-20/h6-14,26,32H,3,5,15H2,1-2,4H3,(H2,27,28,29,31). The molecule has 1 unspecified atom stereocenters. The zero-order chi connectivity index (χ0) is 23.5. The molecule has 0 saturated heterocycles. The summed E-state index contributed by atoms with van der Waals surface area (Å²) in [4.78, 5) is 18.1. The Kier molecular flexibility index (Phi) is 6.44. The van der Waals surface area contributed by atoms with E-state index in [2.05, 4.69) is 22.2 Å². The number of carbonyl (C=O) groups excluding carboxylic acids is 1. The van der Waals surface area contributed by atoms with Gasteiger partial charge >= 0.3 is 0 Å². The second-order valence-electron chi connectivity index (χ2n) is 8.08. The summed E-state index contributed by atoms with van der Waals surface area (Å²) in [6, 6.07) is 17.2. The number of amides is 1. The van der Waals surface area contributed by atoms with E-state index in [0.29, 0.717) is 30.4 Å². The minimum absolute atomic E-state index is 0.226. The van der Waals surface area contributed by atoms with Gasteiger partial charge in [-0.25, -0.2) is 4.98 Å². The van der Waals surface area contributed by atoms with Crippen molar-refractivity contribution in [2.24, 2.45) is 0 Å². The number of nitrogens with one attached hydrogen (secondary N) is 2. The van der Waals surface area contributed by atoms with Crippen molar-refractivity contribution in [1.29, 1.82) is 0 Å². The molecule has 7 nitrogen and oxygen atoms in total. The number of aryl methyl sites for hydroxylation is 1. The molecular weight excluding hydrogens is 416 g/mol. The van der Waals surface area contributed by atoms with Crippen LogP contribution in [0.4, 0.5) is 11.6 Å². The van der Waals surface area contributed by atoms with Crippen LogP contribution in [-0.4, -0.2) is 27.4 Å². The van der Waals surface area contributed by atoms with Crippen LogP contribution >= 0.6 is 0 Å². The molecule has 1 aliphatic rings. The molecule has 0 radical (unpaired) electrons. The summed E-state index contributed by atoms with van der Waals surface area (Å²) in [6.45, 7) is 10.9. The van der Waals surface area contributed by atoms with E-state index >= 15 is 0 Å². The van der Waals surface area contributed by atoms with Crippen molar-refractivity contribution in [2.75, 3.05) is 17.2 Å². The van der Waals surface area contributed by atoms with E-state index in [9.17, 15) is 9.90 Å². The molecule has 170 valence electrons. The lowest BCUT2D eigenvalue weighted by Crippen LogP contribution is -2.21. The Balaban J connectivity index is 1.54. The Bertz CT molecular complexity index is 1170. The molecule has 0 bridgehead atoms. The van der Waals surface area contributed by atoms with Crippen LogP contribution in [0.15, 0.2) is 61.2 Å². The Labute approximate surface area is 193 Å². The number of hydrogen-bond acceptors (Lipinski definition) is 6. The largest absolute Gasteiger partial charge is 0.457 e. The molecule has 4 rings (SSSR count). The molecule has 0 saturated carbocycles. The van der Waals surface area contributed by atoms with E-state index < -0.39 is 6.23 Å². The molecule has 33 heavy (non-hydrogen) atoms. The Morgan fingerprint density at radius 2 is 1.79 bits per heavy atom. The first-order chi connectivity index (χ1) is 15.8. The van der Waals surface area contributed by atoms with Gasteiger partial charge in [0.25, 0.3) is 0 Å². The van der Waals surface area contributed by atoms with Crippen molar-refractivity contribution in [1.82, 2.24) is 9.88 Å². The van der Waals surface area contributed by atoms with Crippen LogP contribution in [0.2, 0.25) is 0 Å². The van der Waals surface area contributed by atoms with Crippen molar-refractivity contribution in [2.45, 2.75) is 33.5 Å². The minimum Gasteiger partial charge on any atom is -0.457 e. The molecule has 1 atom stereocenters. The van der Waals surface area contributed by atoms with Gasteiger partial charge in [-0.2, -0.15) is 0 Å². The Hall–Kier alpha value is -3.68. The highest BCUT2D eigenvalue weighted by Gasteiger charge is 2.31. The van der Waals surface area contributed by atoms with Crippen LogP contribution in [0, 0.1) is 6.92 Å². The third kappa shape index (κ3) is 5.05. The molecule has 1 aromatic heterocycles. The van der Waals surface area contributed by atoms with Gasteiger partial charge in [0, 0.05) is 30.3 Å². The van der Waals surface area contributed by atoms with Crippen LogP contribution in [-0.2, 0) is 11.3 Å². The van der Waals surface area contributed by atoms with Crippen LogP contribution in [0.3, 0.4) is 0 Å². The summed E-state index contributed by atoms with van der Waals surface area (Å²) in [5.41, 5.74) is 4.32. The zero-order valence-electron chi connectivity index (χ0n) is 19.1. The molecule has 0 fully saturated rings. The molecule has 3 aromatic rings. The number of rotatable bonds is 7. The van der Waals surface area contributed by atoms with E-state index in [1.165, 1.54) is 12.5 Å². The average Bonchev–Trinajstić information content (AvgIpc) is 3.11. The number of hydrogen-bond donors (Lipinski definition) is 3. The number of aliphatic hydroxyl groups is 1. The smallest absolute Gasteiger partial charge is 0.222 e. The van der Waals surface area contributed by atoms with Gasteiger partial charge in [-0.3, -0.25) is 9.69 Å². The summed E-state index contributed by atoms with van der Waals surface area (Å²) >= 11 is 0. The summed E-state index contributed by atoms with van der Waals surface area (Å²) in [5.74, 6) is 2.23. The second kappa shape index (κ2) is 9.44. The third-order valence-electron chi connectivity index (χ3n) is 5.58. The quantitative estimate of drug-likeness (QED) is 0.473. The lowest BCUT2D eigenvalue weighted by atomic mass is 10.1. The van der Waals surface area contributed by atoms with Crippen LogP contribution in [0.25, 0.3) is 5.70 Å². The molecular formula is C26H28N4O3.